The topological polar surface area (TPSA) is 52.7 Å². The Morgan fingerprint density at radius 1 is 1.17 bits per heavy atom. The fraction of sp³-hybridized carbons (Fsp3) is 0.889. The Kier molecular flexibility index (Phi) is 6.45. The summed E-state index contributed by atoms with van der Waals surface area (Å²) in [6.07, 6.45) is 5.34. The highest BCUT2D eigenvalue weighted by Gasteiger charge is 2.35. The van der Waals surface area contributed by atoms with Gasteiger partial charge in [-0.05, 0) is 38.5 Å². The number of likely N-dealkylation sites (tertiary alicyclic amines) is 1. The van der Waals surface area contributed by atoms with E-state index in [1.807, 2.05) is 4.90 Å². The minimum Gasteiger partial charge on any atom is -0.352 e. The number of carbonyl (C=O) groups excluding carboxylic acids is 2. The summed E-state index contributed by atoms with van der Waals surface area (Å²) in [6, 6.07) is 1.28. The lowest BCUT2D eigenvalue weighted by Crippen LogP contribution is -2.50. The Morgan fingerprint density at radius 2 is 1.78 bits per heavy atom. The summed E-state index contributed by atoms with van der Waals surface area (Å²) in [4.78, 5) is 28.1. The molecular formula is C18H33N3O2. The average Bonchev–Trinajstić information content (AvgIpc) is 3.36. The van der Waals surface area contributed by atoms with Crippen molar-refractivity contribution in [1.82, 2.24) is 15.1 Å². The quantitative estimate of drug-likeness (QED) is 0.780. The van der Waals surface area contributed by atoms with E-state index in [0.717, 1.165) is 32.4 Å². The van der Waals surface area contributed by atoms with E-state index in [0.29, 0.717) is 24.5 Å². The molecule has 2 aliphatic rings. The van der Waals surface area contributed by atoms with Crippen molar-refractivity contribution in [2.24, 2.45) is 5.92 Å². The maximum absolute atomic E-state index is 12.5. The number of piperidine rings is 1. The van der Waals surface area contributed by atoms with E-state index in [4.69, 9.17) is 0 Å². The second-order valence-corrected chi connectivity index (χ2v) is 7.38. The predicted octanol–water partition coefficient (Wildman–Crippen LogP) is 2.01. The first kappa shape index (κ1) is 18.2. The van der Waals surface area contributed by atoms with Crippen molar-refractivity contribution >= 4 is 11.8 Å². The highest BCUT2D eigenvalue weighted by Crippen LogP contribution is 2.31. The molecule has 0 spiro atoms. The van der Waals surface area contributed by atoms with Crippen LogP contribution in [0.2, 0.25) is 0 Å². The molecule has 2 atom stereocenters. The number of hydrogen-bond acceptors (Lipinski definition) is 3. The van der Waals surface area contributed by atoms with E-state index in [9.17, 15) is 9.59 Å². The van der Waals surface area contributed by atoms with E-state index in [-0.39, 0.29) is 17.9 Å². The molecule has 2 rings (SSSR count). The summed E-state index contributed by atoms with van der Waals surface area (Å²) >= 11 is 0. The maximum atomic E-state index is 12.5. The molecule has 0 aromatic heterocycles. The Labute approximate surface area is 140 Å². The van der Waals surface area contributed by atoms with Gasteiger partial charge in [-0.25, -0.2) is 0 Å². The lowest BCUT2D eigenvalue weighted by Gasteiger charge is -2.34. The molecular weight excluding hydrogens is 290 g/mol. The van der Waals surface area contributed by atoms with Gasteiger partial charge in [-0.2, -0.15) is 0 Å². The van der Waals surface area contributed by atoms with Crippen molar-refractivity contribution in [3.8, 4) is 0 Å². The monoisotopic (exact) mass is 323 g/mol. The van der Waals surface area contributed by atoms with Crippen LogP contribution in [0.15, 0.2) is 0 Å². The van der Waals surface area contributed by atoms with Gasteiger partial charge in [-0.3, -0.25) is 14.5 Å². The number of nitrogens with one attached hydrogen (secondary N) is 1. The molecule has 5 nitrogen and oxygen atoms in total. The molecule has 1 N–H and O–H groups in total. The highest BCUT2D eigenvalue weighted by atomic mass is 16.2. The molecule has 2 amide bonds. The third-order valence-corrected chi connectivity index (χ3v) is 5.64. The van der Waals surface area contributed by atoms with Crippen molar-refractivity contribution < 1.29 is 9.59 Å². The van der Waals surface area contributed by atoms with Gasteiger partial charge in [0.05, 0.1) is 6.54 Å². The number of hydrogen-bond donors (Lipinski definition) is 1. The second-order valence-electron chi connectivity index (χ2n) is 7.38. The van der Waals surface area contributed by atoms with Crippen molar-refractivity contribution in [3.63, 3.8) is 0 Å². The Morgan fingerprint density at radius 3 is 2.26 bits per heavy atom. The van der Waals surface area contributed by atoms with Crippen LogP contribution in [0, 0.1) is 5.92 Å². The molecule has 1 saturated carbocycles. The zero-order valence-electron chi connectivity index (χ0n) is 15.2. The molecule has 1 aliphatic heterocycles. The summed E-state index contributed by atoms with van der Waals surface area (Å²) in [5.41, 5.74) is 0. The van der Waals surface area contributed by atoms with Gasteiger partial charge in [0.1, 0.15) is 0 Å². The van der Waals surface area contributed by atoms with Crippen LogP contribution in [-0.2, 0) is 9.59 Å². The minimum absolute atomic E-state index is 0.136. The van der Waals surface area contributed by atoms with Gasteiger partial charge in [0.25, 0.3) is 0 Å². The molecule has 23 heavy (non-hydrogen) atoms. The summed E-state index contributed by atoms with van der Waals surface area (Å²) < 4.78 is 0. The van der Waals surface area contributed by atoms with Crippen molar-refractivity contribution in [3.05, 3.63) is 0 Å². The summed E-state index contributed by atoms with van der Waals surface area (Å²) in [6.45, 7) is 10.4. The molecule has 0 aromatic rings. The predicted molar refractivity (Wildman–Crippen MR) is 92.1 cm³/mol. The minimum atomic E-state index is 0.136. The van der Waals surface area contributed by atoms with Crippen molar-refractivity contribution in [2.45, 2.75) is 77.9 Å². The first-order chi connectivity index (χ1) is 10.9. The Bertz CT molecular complexity index is 414. The normalized spacial score (nSPS) is 22.0. The second kappa shape index (κ2) is 8.13. The fourth-order valence-electron chi connectivity index (χ4n) is 3.46. The lowest BCUT2D eigenvalue weighted by atomic mass is 9.99. The SMILES string of the molecule is CC[C@H](C)[C@H](C)N(CC(=O)NC1CCN(C(C)=O)CC1)C1CC1. The van der Waals surface area contributed by atoms with Crippen LogP contribution in [0.4, 0.5) is 0 Å². The summed E-state index contributed by atoms with van der Waals surface area (Å²) in [5.74, 6) is 0.896. The molecule has 0 radical (unpaired) electrons. The maximum Gasteiger partial charge on any atom is 0.234 e. The van der Waals surface area contributed by atoms with Gasteiger partial charge >= 0.3 is 0 Å². The summed E-state index contributed by atoms with van der Waals surface area (Å²) in [7, 11) is 0. The third kappa shape index (κ3) is 5.20. The van der Waals surface area contributed by atoms with Gasteiger partial charge in [0.15, 0.2) is 0 Å². The number of rotatable bonds is 7. The van der Waals surface area contributed by atoms with Crippen LogP contribution in [0.5, 0.6) is 0 Å². The molecule has 1 heterocycles. The van der Waals surface area contributed by atoms with Crippen LogP contribution in [-0.4, -0.2) is 59.4 Å². The third-order valence-electron chi connectivity index (χ3n) is 5.64. The highest BCUT2D eigenvalue weighted by molar-refractivity contribution is 5.78. The molecule has 0 unspecified atom stereocenters. The Balaban J connectivity index is 1.80. The Hall–Kier alpha value is -1.10. The van der Waals surface area contributed by atoms with Crippen LogP contribution >= 0.6 is 0 Å². The molecule has 132 valence electrons. The average molecular weight is 323 g/mol. The smallest absolute Gasteiger partial charge is 0.234 e. The number of amides is 2. The first-order valence-corrected chi connectivity index (χ1v) is 9.23. The molecule has 1 saturated heterocycles. The van der Waals surface area contributed by atoms with Crippen LogP contribution < -0.4 is 5.32 Å². The zero-order chi connectivity index (χ0) is 17.0. The van der Waals surface area contributed by atoms with E-state index in [1.165, 1.54) is 12.8 Å². The van der Waals surface area contributed by atoms with E-state index < -0.39 is 0 Å². The summed E-state index contributed by atoms with van der Waals surface area (Å²) in [5, 5.41) is 3.18. The molecule has 2 fully saturated rings. The zero-order valence-corrected chi connectivity index (χ0v) is 15.2. The standard InChI is InChI=1S/C18H33N3O2/c1-5-13(2)14(3)21(17-6-7-17)12-18(23)19-16-8-10-20(11-9-16)15(4)22/h13-14,16-17H,5-12H2,1-4H3,(H,19,23)/t13-,14-/m0/s1. The van der Waals surface area contributed by atoms with Crippen molar-refractivity contribution in [1.29, 1.82) is 0 Å². The molecule has 5 heteroatoms. The number of nitrogens with zero attached hydrogens (tertiary/aromatic N) is 2. The largest absolute Gasteiger partial charge is 0.352 e. The molecule has 0 bridgehead atoms. The number of carbonyl (C=O) groups is 2. The van der Waals surface area contributed by atoms with E-state index >= 15 is 0 Å². The van der Waals surface area contributed by atoms with Gasteiger partial charge in [-0.1, -0.05) is 20.3 Å². The van der Waals surface area contributed by atoms with Crippen LogP contribution in [0.1, 0.15) is 59.8 Å². The van der Waals surface area contributed by atoms with E-state index in [1.54, 1.807) is 6.92 Å². The van der Waals surface area contributed by atoms with Crippen LogP contribution in [0.3, 0.4) is 0 Å². The van der Waals surface area contributed by atoms with Gasteiger partial charge in [0, 0.05) is 38.1 Å². The van der Waals surface area contributed by atoms with Gasteiger partial charge in [-0.15, -0.1) is 0 Å². The van der Waals surface area contributed by atoms with Crippen molar-refractivity contribution in [2.75, 3.05) is 19.6 Å². The molecule has 1 aliphatic carbocycles. The fourth-order valence-corrected chi connectivity index (χ4v) is 3.46. The van der Waals surface area contributed by atoms with E-state index in [2.05, 4.69) is 31.0 Å². The first-order valence-electron chi connectivity index (χ1n) is 9.23. The van der Waals surface area contributed by atoms with Crippen LogP contribution in [0.25, 0.3) is 0 Å². The molecule has 0 aromatic carbocycles. The van der Waals surface area contributed by atoms with Gasteiger partial charge < -0.3 is 10.2 Å². The lowest BCUT2D eigenvalue weighted by molar-refractivity contribution is -0.130. The van der Waals surface area contributed by atoms with Gasteiger partial charge in [0.2, 0.25) is 11.8 Å².